The Balaban J connectivity index is 2.56. The van der Waals surface area contributed by atoms with Crippen molar-refractivity contribution in [1.82, 2.24) is 0 Å². The van der Waals surface area contributed by atoms with Crippen molar-refractivity contribution in [2.45, 2.75) is 47.0 Å². The maximum Gasteiger partial charge on any atom is -0.00622 e. The SMILES string of the molecule is C=C1C[C@]2(C)CC[C@@]1(C)C2(C)C. The topological polar surface area (TPSA) is 0 Å². The summed E-state index contributed by atoms with van der Waals surface area (Å²) >= 11 is 0. The van der Waals surface area contributed by atoms with Gasteiger partial charge in [0.2, 0.25) is 0 Å². The maximum absolute atomic E-state index is 4.25. The minimum atomic E-state index is 0.432. The summed E-state index contributed by atoms with van der Waals surface area (Å²) in [6.45, 7) is 14.0. The van der Waals surface area contributed by atoms with Crippen molar-refractivity contribution < 1.29 is 0 Å². The lowest BCUT2D eigenvalue weighted by atomic mass is 9.65. The molecule has 0 N–H and O–H groups in total. The zero-order chi connectivity index (χ0) is 9.20. The monoisotopic (exact) mass is 164 g/mol. The van der Waals surface area contributed by atoms with Gasteiger partial charge < -0.3 is 0 Å². The zero-order valence-electron chi connectivity index (χ0n) is 8.83. The fourth-order valence-electron chi connectivity index (χ4n) is 3.41. The molecule has 2 atom stereocenters. The Bertz CT molecular complexity index is 249. The lowest BCUT2D eigenvalue weighted by Crippen LogP contribution is -2.32. The fraction of sp³-hybridized carbons (Fsp3) is 0.833. The van der Waals surface area contributed by atoms with Crippen molar-refractivity contribution in [1.29, 1.82) is 0 Å². The van der Waals surface area contributed by atoms with Crippen molar-refractivity contribution in [2.75, 3.05) is 0 Å². The molecule has 0 saturated heterocycles. The largest absolute Gasteiger partial charge is 0.0993 e. The first kappa shape index (κ1) is 8.34. The minimum absolute atomic E-state index is 0.432. The molecular weight excluding hydrogens is 144 g/mol. The third kappa shape index (κ3) is 0.582. The molecule has 2 aliphatic rings. The molecule has 2 bridgehead atoms. The Hall–Kier alpha value is -0.260. The molecule has 0 spiro atoms. The highest BCUT2D eigenvalue weighted by molar-refractivity contribution is 5.30. The van der Waals surface area contributed by atoms with Gasteiger partial charge in [-0.2, -0.15) is 0 Å². The van der Waals surface area contributed by atoms with Crippen LogP contribution in [0.3, 0.4) is 0 Å². The van der Waals surface area contributed by atoms with Crippen LogP contribution in [0.4, 0.5) is 0 Å². The third-order valence-corrected chi connectivity index (χ3v) is 5.45. The highest BCUT2D eigenvalue weighted by atomic mass is 14.7. The first-order valence-electron chi connectivity index (χ1n) is 5.02. The number of hydrogen-bond donors (Lipinski definition) is 0. The van der Waals surface area contributed by atoms with E-state index in [1.54, 1.807) is 0 Å². The number of fused-ring (bicyclic) bond motifs is 2. The lowest BCUT2D eigenvalue weighted by molar-refractivity contribution is 0.108. The predicted octanol–water partition coefficient (Wildman–Crippen LogP) is 3.78. The molecule has 2 aliphatic carbocycles. The van der Waals surface area contributed by atoms with Crippen LogP contribution in [-0.4, -0.2) is 0 Å². The van der Waals surface area contributed by atoms with Crippen molar-refractivity contribution in [3.8, 4) is 0 Å². The minimum Gasteiger partial charge on any atom is -0.0993 e. The molecule has 0 heterocycles. The molecular formula is C12H20. The Kier molecular flexibility index (Phi) is 1.26. The van der Waals surface area contributed by atoms with E-state index in [4.69, 9.17) is 0 Å². The van der Waals surface area contributed by atoms with Gasteiger partial charge in [0, 0.05) is 0 Å². The van der Waals surface area contributed by atoms with E-state index >= 15 is 0 Å². The number of hydrogen-bond acceptors (Lipinski definition) is 0. The summed E-state index contributed by atoms with van der Waals surface area (Å²) in [6, 6.07) is 0. The summed E-state index contributed by atoms with van der Waals surface area (Å²) in [4.78, 5) is 0. The van der Waals surface area contributed by atoms with Crippen LogP contribution < -0.4 is 0 Å². The standard InChI is InChI=1S/C12H20/c1-9-8-11(4)6-7-12(9,5)10(11,2)3/h1,6-8H2,2-5H3/t11-,12+/m0/s1. The van der Waals surface area contributed by atoms with E-state index in [1.807, 2.05) is 0 Å². The number of rotatable bonds is 0. The summed E-state index contributed by atoms with van der Waals surface area (Å²) in [6.07, 6.45) is 4.02. The highest BCUT2D eigenvalue weighted by Crippen LogP contribution is 2.73. The molecule has 0 aromatic heterocycles. The van der Waals surface area contributed by atoms with Gasteiger partial charge in [-0.3, -0.25) is 0 Å². The highest BCUT2D eigenvalue weighted by Gasteiger charge is 2.64. The second kappa shape index (κ2) is 1.81. The van der Waals surface area contributed by atoms with Gasteiger partial charge in [0.25, 0.3) is 0 Å². The normalized spacial score (nSPS) is 50.2. The molecule has 2 rings (SSSR count). The average molecular weight is 164 g/mol. The van der Waals surface area contributed by atoms with Gasteiger partial charge in [0.1, 0.15) is 0 Å². The summed E-state index contributed by atoms with van der Waals surface area (Å²) in [7, 11) is 0. The van der Waals surface area contributed by atoms with Crippen LogP contribution in [0.5, 0.6) is 0 Å². The Labute approximate surface area is 76.1 Å². The molecule has 2 saturated carbocycles. The van der Waals surface area contributed by atoms with Gasteiger partial charge in [0.15, 0.2) is 0 Å². The van der Waals surface area contributed by atoms with Crippen LogP contribution in [0.1, 0.15) is 47.0 Å². The second-order valence-electron chi connectivity index (χ2n) is 5.80. The third-order valence-electron chi connectivity index (χ3n) is 5.45. The molecule has 0 amide bonds. The Morgan fingerprint density at radius 3 is 1.83 bits per heavy atom. The van der Waals surface area contributed by atoms with Crippen LogP contribution in [0.2, 0.25) is 0 Å². The molecule has 0 aromatic carbocycles. The van der Waals surface area contributed by atoms with Crippen molar-refractivity contribution in [3.63, 3.8) is 0 Å². The first-order chi connectivity index (χ1) is 5.33. The smallest absolute Gasteiger partial charge is 0.00622 e. The zero-order valence-corrected chi connectivity index (χ0v) is 8.83. The van der Waals surface area contributed by atoms with Gasteiger partial charge >= 0.3 is 0 Å². The summed E-state index contributed by atoms with van der Waals surface area (Å²) in [5.74, 6) is 0. The molecule has 0 aromatic rings. The molecule has 12 heavy (non-hydrogen) atoms. The van der Waals surface area contributed by atoms with Gasteiger partial charge in [-0.25, -0.2) is 0 Å². The molecule has 0 unspecified atom stereocenters. The predicted molar refractivity (Wildman–Crippen MR) is 53.0 cm³/mol. The average Bonchev–Trinajstić information content (AvgIpc) is 2.18. The summed E-state index contributed by atoms with van der Waals surface area (Å²) in [5, 5.41) is 0. The van der Waals surface area contributed by atoms with Gasteiger partial charge in [-0.05, 0) is 35.5 Å². The van der Waals surface area contributed by atoms with Crippen molar-refractivity contribution in [2.24, 2.45) is 16.2 Å². The molecule has 0 nitrogen and oxygen atoms in total. The molecule has 68 valence electrons. The van der Waals surface area contributed by atoms with E-state index in [0.717, 1.165) is 0 Å². The van der Waals surface area contributed by atoms with E-state index in [-0.39, 0.29) is 0 Å². The van der Waals surface area contributed by atoms with Gasteiger partial charge in [0.05, 0.1) is 0 Å². The Morgan fingerprint density at radius 2 is 1.67 bits per heavy atom. The van der Waals surface area contributed by atoms with Crippen LogP contribution in [0.25, 0.3) is 0 Å². The van der Waals surface area contributed by atoms with E-state index in [0.29, 0.717) is 16.2 Å². The van der Waals surface area contributed by atoms with Crippen LogP contribution in [0, 0.1) is 16.2 Å². The summed E-state index contributed by atoms with van der Waals surface area (Å²) in [5.41, 5.74) is 2.94. The molecule has 0 heteroatoms. The van der Waals surface area contributed by atoms with Crippen LogP contribution >= 0.6 is 0 Å². The quantitative estimate of drug-likeness (QED) is 0.478. The lowest BCUT2D eigenvalue weighted by Gasteiger charge is -2.38. The maximum atomic E-state index is 4.25. The van der Waals surface area contributed by atoms with Crippen LogP contribution in [-0.2, 0) is 0 Å². The van der Waals surface area contributed by atoms with E-state index in [9.17, 15) is 0 Å². The van der Waals surface area contributed by atoms with E-state index < -0.39 is 0 Å². The van der Waals surface area contributed by atoms with Crippen molar-refractivity contribution in [3.05, 3.63) is 12.2 Å². The van der Waals surface area contributed by atoms with Crippen LogP contribution in [0.15, 0.2) is 12.2 Å². The van der Waals surface area contributed by atoms with Gasteiger partial charge in [-0.15, -0.1) is 0 Å². The Morgan fingerprint density at radius 1 is 1.08 bits per heavy atom. The molecule has 0 radical (unpaired) electrons. The fourth-order valence-corrected chi connectivity index (χ4v) is 3.41. The molecule has 0 aliphatic heterocycles. The van der Waals surface area contributed by atoms with Gasteiger partial charge in [-0.1, -0.05) is 39.8 Å². The van der Waals surface area contributed by atoms with E-state index in [1.165, 1.54) is 24.8 Å². The van der Waals surface area contributed by atoms with Crippen molar-refractivity contribution >= 4 is 0 Å². The molecule has 2 fully saturated rings. The summed E-state index contributed by atoms with van der Waals surface area (Å²) < 4.78 is 0. The number of allylic oxidation sites excluding steroid dienone is 1. The van der Waals surface area contributed by atoms with E-state index in [2.05, 4.69) is 34.3 Å². The first-order valence-corrected chi connectivity index (χ1v) is 5.02. The second-order valence-corrected chi connectivity index (χ2v) is 5.80.